The third-order valence-corrected chi connectivity index (χ3v) is 5.43. The second kappa shape index (κ2) is 17.1. The van der Waals surface area contributed by atoms with Crippen molar-refractivity contribution < 1.29 is 54.0 Å². The van der Waals surface area contributed by atoms with Crippen molar-refractivity contribution in [3.63, 3.8) is 0 Å². The highest BCUT2D eigenvalue weighted by Gasteiger charge is 2.30. The number of aliphatic carboxylic acids is 4. The summed E-state index contributed by atoms with van der Waals surface area (Å²) < 4.78 is 0. The lowest BCUT2D eigenvalue weighted by atomic mass is 10.1. The summed E-state index contributed by atoms with van der Waals surface area (Å²) in [6.07, 6.45) is -0.720. The molecule has 4 unspecified atom stereocenters. The van der Waals surface area contributed by atoms with Crippen molar-refractivity contribution in [1.29, 1.82) is 0 Å². The number of rotatable bonds is 19. The first-order valence-electron chi connectivity index (χ1n) is 10.8. The van der Waals surface area contributed by atoms with Crippen molar-refractivity contribution >= 4 is 53.4 Å². The highest BCUT2D eigenvalue weighted by Crippen LogP contribution is 2.07. The van der Waals surface area contributed by atoms with E-state index in [-0.39, 0.29) is 19.3 Å². The van der Waals surface area contributed by atoms with Crippen LogP contribution in [0, 0.1) is 0 Å². The fourth-order valence-electron chi connectivity index (χ4n) is 2.80. The van der Waals surface area contributed by atoms with Gasteiger partial charge < -0.3 is 42.1 Å². The lowest BCUT2D eigenvalue weighted by molar-refractivity contribution is -0.144. The van der Waals surface area contributed by atoms with Crippen LogP contribution < -0.4 is 21.7 Å². The van der Waals surface area contributed by atoms with Crippen molar-refractivity contribution in [2.75, 3.05) is 12.0 Å². The van der Waals surface area contributed by atoms with Crippen molar-refractivity contribution in [2.24, 2.45) is 5.73 Å². The van der Waals surface area contributed by atoms with Crippen LogP contribution in [0.4, 0.5) is 0 Å². The Bertz CT molecular complexity index is 823. The number of hydrogen-bond donors (Lipinski definition) is 8. The molecule has 0 fully saturated rings. The standard InChI is InChI=1S/C20H32N4O11S/c1-36-9-8-12(22-17(31)10(21)2-5-14(25)26)19(33)23-11(3-6-15(27)28)18(32)24-13(20(34)35)4-7-16(29)30/h10-13H,2-9,21H2,1H3,(H,22,31)(H,23,33)(H,24,32)(H,25,26)(H,27,28)(H,29,30)(H,34,35). The molecule has 0 aromatic carbocycles. The van der Waals surface area contributed by atoms with Gasteiger partial charge in [-0.25, -0.2) is 4.79 Å². The largest absolute Gasteiger partial charge is 0.481 e. The fourth-order valence-corrected chi connectivity index (χ4v) is 3.27. The zero-order valence-corrected chi connectivity index (χ0v) is 20.4. The molecule has 0 saturated heterocycles. The zero-order valence-electron chi connectivity index (χ0n) is 19.6. The van der Waals surface area contributed by atoms with Gasteiger partial charge in [0.1, 0.15) is 18.1 Å². The monoisotopic (exact) mass is 536 g/mol. The highest BCUT2D eigenvalue weighted by atomic mass is 32.2. The van der Waals surface area contributed by atoms with Gasteiger partial charge in [-0.1, -0.05) is 0 Å². The molecule has 0 bridgehead atoms. The predicted octanol–water partition coefficient (Wildman–Crippen LogP) is -1.80. The first kappa shape index (κ1) is 32.6. The number of nitrogens with one attached hydrogen (secondary N) is 3. The fraction of sp³-hybridized carbons (Fsp3) is 0.650. The minimum absolute atomic E-state index is 0.0913. The van der Waals surface area contributed by atoms with Crippen LogP contribution in [0.1, 0.15) is 44.9 Å². The Labute approximate surface area is 210 Å². The normalized spacial score (nSPS) is 13.9. The Morgan fingerprint density at radius 3 is 1.47 bits per heavy atom. The molecule has 36 heavy (non-hydrogen) atoms. The van der Waals surface area contributed by atoms with E-state index in [1.54, 1.807) is 6.26 Å². The molecule has 0 aliphatic carbocycles. The van der Waals surface area contributed by atoms with Gasteiger partial charge in [0.05, 0.1) is 6.04 Å². The van der Waals surface area contributed by atoms with E-state index in [4.69, 9.17) is 21.1 Å². The molecule has 0 rings (SSSR count). The smallest absolute Gasteiger partial charge is 0.326 e. The summed E-state index contributed by atoms with van der Waals surface area (Å²) in [4.78, 5) is 81.7. The second-order valence-electron chi connectivity index (χ2n) is 7.71. The number of nitrogens with two attached hydrogens (primary N) is 1. The van der Waals surface area contributed by atoms with Gasteiger partial charge in [-0.05, 0) is 37.7 Å². The van der Waals surface area contributed by atoms with Crippen molar-refractivity contribution in [3.05, 3.63) is 0 Å². The molecule has 204 valence electrons. The molecular formula is C20H32N4O11S. The quantitative estimate of drug-likeness (QED) is 0.0906. The van der Waals surface area contributed by atoms with Gasteiger partial charge in [-0.15, -0.1) is 0 Å². The zero-order chi connectivity index (χ0) is 27.8. The van der Waals surface area contributed by atoms with Crippen LogP contribution >= 0.6 is 11.8 Å². The van der Waals surface area contributed by atoms with E-state index in [0.717, 1.165) is 0 Å². The van der Waals surface area contributed by atoms with Crippen LogP contribution in [0.2, 0.25) is 0 Å². The van der Waals surface area contributed by atoms with E-state index in [2.05, 4.69) is 16.0 Å². The number of amides is 3. The van der Waals surface area contributed by atoms with Gasteiger partial charge in [0, 0.05) is 19.3 Å². The summed E-state index contributed by atoms with van der Waals surface area (Å²) in [5.41, 5.74) is 5.67. The Kier molecular flexibility index (Phi) is 15.5. The summed E-state index contributed by atoms with van der Waals surface area (Å²) >= 11 is 1.35. The molecule has 15 nitrogen and oxygen atoms in total. The van der Waals surface area contributed by atoms with Crippen LogP contribution in [-0.2, 0) is 33.6 Å². The summed E-state index contributed by atoms with van der Waals surface area (Å²) in [6.45, 7) is 0. The number of carboxylic acid groups (broad SMARTS) is 4. The van der Waals surface area contributed by atoms with E-state index in [1.165, 1.54) is 11.8 Å². The summed E-state index contributed by atoms with van der Waals surface area (Å²) in [7, 11) is 0. The molecular weight excluding hydrogens is 504 g/mol. The third-order valence-electron chi connectivity index (χ3n) is 4.79. The molecule has 0 aliphatic heterocycles. The topological polar surface area (TPSA) is 263 Å². The van der Waals surface area contributed by atoms with Crippen molar-refractivity contribution in [3.8, 4) is 0 Å². The number of carboxylic acids is 4. The van der Waals surface area contributed by atoms with Gasteiger partial charge >= 0.3 is 23.9 Å². The number of carbonyl (C=O) groups is 7. The summed E-state index contributed by atoms with van der Waals surface area (Å²) in [5.74, 6) is -7.59. The predicted molar refractivity (Wildman–Crippen MR) is 125 cm³/mol. The molecule has 0 aromatic rings. The van der Waals surface area contributed by atoms with Gasteiger partial charge in [-0.3, -0.25) is 28.8 Å². The van der Waals surface area contributed by atoms with E-state index >= 15 is 0 Å². The summed E-state index contributed by atoms with van der Waals surface area (Å²) in [6, 6.07) is -5.53. The summed E-state index contributed by atoms with van der Waals surface area (Å²) in [5, 5.41) is 42.5. The molecule has 0 heterocycles. The molecule has 3 amide bonds. The van der Waals surface area contributed by atoms with Crippen LogP contribution in [0.3, 0.4) is 0 Å². The van der Waals surface area contributed by atoms with Gasteiger partial charge in [0.25, 0.3) is 0 Å². The van der Waals surface area contributed by atoms with Crippen LogP contribution in [0.25, 0.3) is 0 Å². The molecule has 0 radical (unpaired) electrons. The van der Waals surface area contributed by atoms with E-state index in [0.29, 0.717) is 5.75 Å². The second-order valence-corrected chi connectivity index (χ2v) is 8.69. The lowest BCUT2D eigenvalue weighted by Crippen LogP contribution is -2.57. The Hall–Kier alpha value is -3.40. The van der Waals surface area contributed by atoms with Crippen LogP contribution in [0.15, 0.2) is 0 Å². The van der Waals surface area contributed by atoms with Gasteiger partial charge in [0.15, 0.2) is 0 Å². The van der Waals surface area contributed by atoms with E-state index in [9.17, 15) is 38.7 Å². The van der Waals surface area contributed by atoms with Crippen LogP contribution in [-0.4, -0.2) is 98.2 Å². The maximum Gasteiger partial charge on any atom is 0.326 e. The minimum Gasteiger partial charge on any atom is -0.481 e. The number of thioether (sulfide) groups is 1. The Balaban J connectivity index is 5.53. The maximum absolute atomic E-state index is 12.9. The molecule has 16 heteroatoms. The van der Waals surface area contributed by atoms with Gasteiger partial charge in [0.2, 0.25) is 17.7 Å². The maximum atomic E-state index is 12.9. The third kappa shape index (κ3) is 14.1. The molecule has 9 N–H and O–H groups in total. The average Bonchev–Trinajstić information content (AvgIpc) is 2.79. The average molecular weight is 537 g/mol. The molecule has 0 aromatic heterocycles. The van der Waals surface area contributed by atoms with E-state index in [1.807, 2.05) is 0 Å². The first-order valence-corrected chi connectivity index (χ1v) is 12.2. The lowest BCUT2D eigenvalue weighted by Gasteiger charge is -2.25. The molecule has 0 aliphatic rings. The SMILES string of the molecule is CSCCC(NC(=O)C(N)CCC(=O)O)C(=O)NC(CCC(=O)O)C(=O)NC(CCC(=O)O)C(=O)O. The number of carbonyl (C=O) groups excluding carboxylic acids is 3. The van der Waals surface area contributed by atoms with Crippen molar-refractivity contribution in [2.45, 2.75) is 69.1 Å². The molecule has 0 spiro atoms. The minimum atomic E-state index is -1.60. The Morgan fingerprint density at radius 1 is 0.639 bits per heavy atom. The molecule has 0 saturated carbocycles. The van der Waals surface area contributed by atoms with Gasteiger partial charge in [-0.2, -0.15) is 11.8 Å². The highest BCUT2D eigenvalue weighted by molar-refractivity contribution is 7.98. The first-order chi connectivity index (χ1) is 16.8. The van der Waals surface area contributed by atoms with Crippen molar-refractivity contribution in [1.82, 2.24) is 16.0 Å². The number of hydrogen-bond acceptors (Lipinski definition) is 9. The molecule has 4 atom stereocenters. The van der Waals surface area contributed by atoms with E-state index < -0.39 is 91.4 Å². The van der Waals surface area contributed by atoms with Crippen LogP contribution in [0.5, 0.6) is 0 Å². The Morgan fingerprint density at radius 2 is 1.03 bits per heavy atom.